The molecule has 0 aromatic carbocycles. The van der Waals surface area contributed by atoms with E-state index in [1.165, 1.54) is 25.1 Å². The van der Waals surface area contributed by atoms with Crippen molar-refractivity contribution in [3.05, 3.63) is 11.6 Å². The summed E-state index contributed by atoms with van der Waals surface area (Å²) >= 11 is 5.92. The Bertz CT molecular complexity index is 440. The first-order chi connectivity index (χ1) is 8.35. The number of alkyl halides is 1. The van der Waals surface area contributed by atoms with E-state index in [0.717, 1.165) is 36.0 Å². The van der Waals surface area contributed by atoms with Gasteiger partial charge in [0.15, 0.2) is 0 Å². The van der Waals surface area contributed by atoms with Gasteiger partial charge >= 0.3 is 0 Å². The summed E-state index contributed by atoms with van der Waals surface area (Å²) in [5, 5.41) is 8.67. The number of aromatic nitrogens is 3. The van der Waals surface area contributed by atoms with Crippen LogP contribution in [0, 0.1) is 23.7 Å². The van der Waals surface area contributed by atoms with Crippen LogP contribution in [0.25, 0.3) is 0 Å². The Balaban J connectivity index is 1.67. The summed E-state index contributed by atoms with van der Waals surface area (Å²) in [6.07, 6.45) is 4.42. The SMILES string of the molecule is CCn1c(CCl)nnc1C1C2C3CCC(C3)C12. The number of hydrogen-bond acceptors (Lipinski definition) is 2. The van der Waals surface area contributed by atoms with Crippen molar-refractivity contribution in [2.45, 2.75) is 44.5 Å². The number of rotatable bonds is 3. The van der Waals surface area contributed by atoms with Crippen LogP contribution in [-0.2, 0) is 12.4 Å². The minimum absolute atomic E-state index is 0.482. The molecule has 92 valence electrons. The normalized spacial score (nSPS) is 41.9. The van der Waals surface area contributed by atoms with Crippen molar-refractivity contribution in [3.63, 3.8) is 0 Å². The zero-order chi connectivity index (χ0) is 11.6. The highest BCUT2D eigenvalue weighted by molar-refractivity contribution is 6.16. The Labute approximate surface area is 107 Å². The van der Waals surface area contributed by atoms with Crippen molar-refractivity contribution >= 4 is 11.6 Å². The van der Waals surface area contributed by atoms with Gasteiger partial charge in [-0.05, 0) is 49.9 Å². The molecule has 3 aliphatic carbocycles. The molecule has 0 radical (unpaired) electrons. The summed E-state index contributed by atoms with van der Waals surface area (Å²) < 4.78 is 2.25. The van der Waals surface area contributed by atoms with E-state index in [1.807, 2.05) is 0 Å². The van der Waals surface area contributed by atoms with Gasteiger partial charge in [-0.1, -0.05) is 0 Å². The predicted molar refractivity (Wildman–Crippen MR) is 65.8 cm³/mol. The van der Waals surface area contributed by atoms with E-state index in [9.17, 15) is 0 Å². The highest BCUT2D eigenvalue weighted by Crippen LogP contribution is 2.72. The second-order valence-corrected chi connectivity index (χ2v) is 6.13. The van der Waals surface area contributed by atoms with Crippen molar-refractivity contribution in [3.8, 4) is 0 Å². The quantitative estimate of drug-likeness (QED) is 0.774. The number of fused-ring (bicyclic) bond motifs is 5. The van der Waals surface area contributed by atoms with Crippen LogP contribution in [0.1, 0.15) is 43.8 Å². The maximum absolute atomic E-state index is 5.92. The lowest BCUT2D eigenvalue weighted by Crippen LogP contribution is -2.07. The molecule has 0 aliphatic heterocycles. The Hall–Kier alpha value is -0.570. The second kappa shape index (κ2) is 3.47. The Morgan fingerprint density at radius 3 is 2.53 bits per heavy atom. The lowest BCUT2D eigenvalue weighted by Gasteiger charge is -2.10. The molecule has 0 amide bonds. The highest BCUT2D eigenvalue weighted by atomic mass is 35.5. The molecule has 1 aromatic rings. The van der Waals surface area contributed by atoms with Gasteiger partial charge in [-0.2, -0.15) is 0 Å². The number of hydrogen-bond donors (Lipinski definition) is 0. The van der Waals surface area contributed by atoms with Crippen LogP contribution in [0.4, 0.5) is 0 Å². The van der Waals surface area contributed by atoms with Gasteiger partial charge in [0.05, 0.1) is 5.88 Å². The van der Waals surface area contributed by atoms with E-state index >= 15 is 0 Å². The fourth-order valence-corrected chi connectivity index (χ4v) is 4.91. The van der Waals surface area contributed by atoms with Gasteiger partial charge in [0, 0.05) is 12.5 Å². The average molecular weight is 252 g/mol. The third-order valence-electron chi connectivity index (χ3n) is 5.33. The fraction of sp³-hybridized carbons (Fsp3) is 0.846. The first-order valence-electron chi connectivity index (χ1n) is 6.83. The number of nitrogens with zero attached hydrogens (tertiary/aromatic N) is 3. The van der Waals surface area contributed by atoms with Crippen LogP contribution < -0.4 is 0 Å². The van der Waals surface area contributed by atoms with E-state index in [2.05, 4.69) is 21.7 Å². The standard InChI is InChI=1S/C13H18ClN3/c1-2-17-9(6-14)15-16-13(17)12-10-7-3-4-8(5-7)11(10)12/h7-8,10-12H,2-6H2,1H3. The van der Waals surface area contributed by atoms with Crippen molar-refractivity contribution in [2.24, 2.45) is 23.7 Å². The zero-order valence-electron chi connectivity index (χ0n) is 10.1. The minimum Gasteiger partial charge on any atom is -0.314 e. The van der Waals surface area contributed by atoms with Crippen LogP contribution in [0.5, 0.6) is 0 Å². The van der Waals surface area contributed by atoms with E-state index in [0.29, 0.717) is 11.8 Å². The van der Waals surface area contributed by atoms with E-state index in [-0.39, 0.29) is 0 Å². The smallest absolute Gasteiger partial charge is 0.147 e. The summed E-state index contributed by atoms with van der Waals surface area (Å²) in [5.41, 5.74) is 0. The molecule has 4 heteroatoms. The molecular weight excluding hydrogens is 234 g/mol. The molecule has 0 N–H and O–H groups in total. The van der Waals surface area contributed by atoms with Crippen molar-refractivity contribution in [2.75, 3.05) is 0 Å². The zero-order valence-corrected chi connectivity index (χ0v) is 10.9. The van der Waals surface area contributed by atoms with Gasteiger partial charge in [0.2, 0.25) is 0 Å². The van der Waals surface area contributed by atoms with Crippen LogP contribution in [0.15, 0.2) is 0 Å². The first kappa shape index (κ1) is 10.4. The van der Waals surface area contributed by atoms with Crippen LogP contribution in [0.3, 0.4) is 0 Å². The molecule has 1 aromatic heterocycles. The first-order valence-corrected chi connectivity index (χ1v) is 7.36. The predicted octanol–water partition coefficient (Wildman–Crippen LogP) is 2.80. The second-order valence-electron chi connectivity index (χ2n) is 5.87. The summed E-state index contributed by atoms with van der Waals surface area (Å²) in [6.45, 7) is 3.12. The fourth-order valence-electron chi connectivity index (χ4n) is 4.71. The number of halogens is 1. The summed E-state index contributed by atoms with van der Waals surface area (Å²) in [6, 6.07) is 0. The minimum atomic E-state index is 0.482. The monoisotopic (exact) mass is 251 g/mol. The van der Waals surface area contributed by atoms with Crippen molar-refractivity contribution in [1.82, 2.24) is 14.8 Å². The van der Waals surface area contributed by atoms with Crippen LogP contribution in [-0.4, -0.2) is 14.8 Å². The molecule has 1 heterocycles. The Morgan fingerprint density at radius 1 is 1.24 bits per heavy atom. The molecule has 0 spiro atoms. The third-order valence-corrected chi connectivity index (χ3v) is 5.56. The largest absolute Gasteiger partial charge is 0.314 e. The molecular formula is C13H18ClN3. The molecule has 3 saturated carbocycles. The van der Waals surface area contributed by atoms with E-state index in [4.69, 9.17) is 11.6 Å². The molecule has 2 bridgehead atoms. The summed E-state index contributed by atoms with van der Waals surface area (Å²) in [4.78, 5) is 0. The van der Waals surface area contributed by atoms with Crippen LogP contribution >= 0.6 is 11.6 Å². The van der Waals surface area contributed by atoms with E-state index in [1.54, 1.807) is 0 Å². The molecule has 17 heavy (non-hydrogen) atoms. The van der Waals surface area contributed by atoms with Crippen molar-refractivity contribution < 1.29 is 0 Å². The van der Waals surface area contributed by atoms with Gasteiger partial charge in [0.25, 0.3) is 0 Å². The average Bonchev–Trinajstić information content (AvgIpc) is 2.75. The summed E-state index contributed by atoms with van der Waals surface area (Å²) in [5.74, 6) is 7.24. The topological polar surface area (TPSA) is 30.7 Å². The lowest BCUT2D eigenvalue weighted by atomic mass is 10.0. The van der Waals surface area contributed by atoms with Gasteiger partial charge in [-0.3, -0.25) is 0 Å². The molecule has 4 rings (SSSR count). The molecule has 4 unspecified atom stereocenters. The Morgan fingerprint density at radius 2 is 1.94 bits per heavy atom. The van der Waals surface area contributed by atoms with Gasteiger partial charge in [-0.15, -0.1) is 21.8 Å². The highest BCUT2D eigenvalue weighted by Gasteiger charge is 2.66. The maximum atomic E-state index is 5.92. The van der Waals surface area contributed by atoms with Gasteiger partial charge in [-0.25, -0.2) is 0 Å². The summed E-state index contributed by atoms with van der Waals surface area (Å²) in [7, 11) is 0. The third kappa shape index (κ3) is 1.24. The van der Waals surface area contributed by atoms with Gasteiger partial charge in [0.1, 0.15) is 11.6 Å². The van der Waals surface area contributed by atoms with E-state index < -0.39 is 0 Å². The maximum Gasteiger partial charge on any atom is 0.147 e. The van der Waals surface area contributed by atoms with Gasteiger partial charge < -0.3 is 4.57 Å². The molecule has 3 aliphatic rings. The molecule has 3 fully saturated rings. The van der Waals surface area contributed by atoms with Crippen molar-refractivity contribution in [1.29, 1.82) is 0 Å². The molecule has 0 saturated heterocycles. The molecule has 3 nitrogen and oxygen atoms in total. The lowest BCUT2D eigenvalue weighted by molar-refractivity contribution is 0.456. The molecule has 4 atom stereocenters. The van der Waals surface area contributed by atoms with Crippen LogP contribution in [0.2, 0.25) is 0 Å². The Kier molecular flexibility index (Phi) is 2.11.